The molecule has 0 radical (unpaired) electrons. The summed E-state index contributed by atoms with van der Waals surface area (Å²) in [6.07, 6.45) is 2.34. The van der Waals surface area contributed by atoms with Crippen LogP contribution in [-0.4, -0.2) is 30.6 Å². The van der Waals surface area contributed by atoms with E-state index >= 15 is 0 Å². The number of alkyl halides is 1. The van der Waals surface area contributed by atoms with Gasteiger partial charge in [-0.15, -0.1) is 0 Å². The van der Waals surface area contributed by atoms with Crippen molar-refractivity contribution in [3.8, 4) is 57.8 Å². The Kier molecular flexibility index (Phi) is 13.8. The van der Waals surface area contributed by atoms with E-state index in [4.69, 9.17) is 18.9 Å². The minimum absolute atomic E-state index is 0.0198. The third-order valence-electron chi connectivity index (χ3n) is 7.36. The summed E-state index contributed by atoms with van der Waals surface area (Å²) >= 11 is 0. The molecule has 4 aromatic rings. The van der Waals surface area contributed by atoms with Crippen LogP contribution in [0.3, 0.4) is 0 Å². The average molecular weight is 723 g/mol. The topological polar surface area (TPSA) is 105 Å². The fourth-order valence-electron chi connectivity index (χ4n) is 4.64. The zero-order valence-electron chi connectivity index (χ0n) is 29.8. The average Bonchev–Trinajstić information content (AvgIpc) is 3.17. The van der Waals surface area contributed by atoms with Crippen molar-refractivity contribution in [3.05, 3.63) is 156 Å². The van der Waals surface area contributed by atoms with E-state index in [1.807, 2.05) is 0 Å². The van der Waals surface area contributed by atoms with Gasteiger partial charge in [-0.2, -0.15) is 0 Å². The molecule has 0 amide bonds. The predicted octanol–water partition coefficient (Wildman–Crippen LogP) is 8.20. The van der Waals surface area contributed by atoms with Gasteiger partial charge in [0.25, 0.3) is 0 Å². The molecule has 0 saturated carbocycles. The van der Waals surface area contributed by atoms with Crippen molar-refractivity contribution in [3.63, 3.8) is 0 Å². The zero-order valence-corrected chi connectivity index (χ0v) is 29.8. The molecule has 0 N–H and O–H groups in total. The molecule has 0 aliphatic carbocycles. The van der Waals surface area contributed by atoms with Crippen molar-refractivity contribution in [2.24, 2.45) is 0 Å². The monoisotopic (exact) mass is 722 g/mol. The lowest BCUT2D eigenvalue weighted by Gasteiger charge is -2.20. The van der Waals surface area contributed by atoms with Crippen LogP contribution in [0, 0.1) is 23.7 Å². The van der Waals surface area contributed by atoms with Gasteiger partial charge in [0.15, 0.2) is 11.5 Å². The van der Waals surface area contributed by atoms with Crippen molar-refractivity contribution in [1.29, 1.82) is 0 Å². The number of rotatable bonds is 12. The molecule has 0 aromatic heterocycles. The Labute approximate surface area is 313 Å². The van der Waals surface area contributed by atoms with E-state index in [0.717, 1.165) is 12.2 Å². The number of hydrogen-bond donors (Lipinski definition) is 0. The van der Waals surface area contributed by atoms with E-state index in [1.165, 1.54) is 13.8 Å². The highest BCUT2D eigenvalue weighted by molar-refractivity contribution is 5.92. The number of hydrogen-bond acceptors (Lipinski definition) is 8. The van der Waals surface area contributed by atoms with Crippen molar-refractivity contribution in [2.45, 2.75) is 26.7 Å². The van der Waals surface area contributed by atoms with Gasteiger partial charge < -0.3 is 18.9 Å². The summed E-state index contributed by atoms with van der Waals surface area (Å²) in [6, 6.07) is 21.7. The number of esters is 4. The number of carbonyl (C=O) groups is 4. The van der Waals surface area contributed by atoms with Gasteiger partial charge in [-0.3, -0.25) is 4.39 Å². The molecule has 270 valence electrons. The molecule has 0 fully saturated rings. The molecule has 0 saturated heterocycles. The first kappa shape index (κ1) is 39.6. The summed E-state index contributed by atoms with van der Waals surface area (Å²) in [5.41, 5.74) is 3.68. The second-order valence-electron chi connectivity index (χ2n) is 11.6. The maximum atomic E-state index is 13.7. The number of halogens is 1. The maximum Gasteiger partial charge on any atom is 0.338 e. The molecule has 8 nitrogen and oxygen atoms in total. The first-order chi connectivity index (χ1) is 25.9. The molecule has 0 atom stereocenters. The van der Waals surface area contributed by atoms with Gasteiger partial charge in [0.05, 0.1) is 6.67 Å². The van der Waals surface area contributed by atoms with Crippen LogP contribution in [0.5, 0.6) is 23.0 Å². The molecule has 0 bridgehead atoms. The molecule has 0 aliphatic rings. The largest absolute Gasteiger partial charge is 0.423 e. The first-order valence-corrected chi connectivity index (χ1v) is 16.5. The fourth-order valence-corrected chi connectivity index (χ4v) is 4.64. The molecule has 0 unspecified atom stereocenters. The van der Waals surface area contributed by atoms with Gasteiger partial charge in [0.1, 0.15) is 17.1 Å². The minimum Gasteiger partial charge on any atom is -0.423 e. The smallest absolute Gasteiger partial charge is 0.338 e. The summed E-state index contributed by atoms with van der Waals surface area (Å²) in [7, 11) is 0. The van der Waals surface area contributed by atoms with Crippen molar-refractivity contribution >= 4 is 23.9 Å². The highest BCUT2D eigenvalue weighted by atomic mass is 19.1. The second kappa shape index (κ2) is 18.8. The Bertz CT molecular complexity index is 2260. The molecule has 0 heterocycles. The Balaban J connectivity index is 1.84. The Morgan fingerprint density at radius 3 is 1.54 bits per heavy atom. The Morgan fingerprint density at radius 2 is 1.09 bits per heavy atom. The summed E-state index contributed by atoms with van der Waals surface area (Å²) in [6.45, 7) is 16.4. The van der Waals surface area contributed by atoms with E-state index in [1.54, 1.807) is 78.9 Å². The number of carbonyl (C=O) groups excluding carboxylic acids is 4. The Hall–Kier alpha value is -7.23. The van der Waals surface area contributed by atoms with Gasteiger partial charge in [-0.1, -0.05) is 62.1 Å². The zero-order chi connectivity index (χ0) is 39.2. The van der Waals surface area contributed by atoms with Crippen LogP contribution < -0.4 is 18.9 Å². The van der Waals surface area contributed by atoms with Gasteiger partial charge in [-0.25, -0.2) is 19.2 Å². The van der Waals surface area contributed by atoms with Crippen LogP contribution in [0.2, 0.25) is 0 Å². The SMILES string of the molecule is C=CC(=O)Oc1ccc(C#Cc2ccc(-c3cc(OC(=O)C(=C)C)c(C#Cc4ccc(OC(=O)C=C)cc4)c(OC(=O)C(=C)C)c3CCCF)cc2)cc1. The summed E-state index contributed by atoms with van der Waals surface area (Å²) in [4.78, 5) is 49.0. The van der Waals surface area contributed by atoms with Gasteiger partial charge in [0.2, 0.25) is 0 Å². The van der Waals surface area contributed by atoms with Gasteiger partial charge in [0, 0.05) is 45.6 Å². The fraction of sp³-hybridized carbons (Fsp3) is 0.111. The molecular formula is C45H35FO8. The van der Waals surface area contributed by atoms with Crippen LogP contribution in [0.1, 0.15) is 48.1 Å². The molecule has 4 rings (SSSR count). The van der Waals surface area contributed by atoms with Crippen LogP contribution in [0.4, 0.5) is 4.39 Å². The lowest BCUT2D eigenvalue weighted by atomic mass is 9.92. The molecule has 4 aromatic carbocycles. The van der Waals surface area contributed by atoms with E-state index in [0.29, 0.717) is 39.1 Å². The van der Waals surface area contributed by atoms with E-state index in [-0.39, 0.29) is 46.8 Å². The standard InChI is InChI=1S/C45H35FO8/c1-7-41(47)51-35-22-15-32(16-23-35)12-11-31-13-20-34(21-14-31)39-28-40(53-44(49)29(3)4)38(43(37(39)10-9-27-46)54-45(50)30(5)6)26-19-33-17-24-36(25-18-33)52-42(48)8-2/h7-8,13-18,20-25,28H,1-3,5,9-10,27H2,4,6H3. The highest BCUT2D eigenvalue weighted by Gasteiger charge is 2.25. The predicted molar refractivity (Wildman–Crippen MR) is 204 cm³/mol. The summed E-state index contributed by atoms with van der Waals surface area (Å²) in [5, 5.41) is 0. The lowest BCUT2D eigenvalue weighted by molar-refractivity contribution is -0.130. The quantitative estimate of drug-likeness (QED) is 0.0624. The number of benzene rings is 4. The normalized spacial score (nSPS) is 9.91. The van der Waals surface area contributed by atoms with Crippen LogP contribution in [0.25, 0.3) is 11.1 Å². The van der Waals surface area contributed by atoms with Crippen LogP contribution >= 0.6 is 0 Å². The van der Waals surface area contributed by atoms with E-state index in [2.05, 4.69) is 50.0 Å². The highest BCUT2D eigenvalue weighted by Crippen LogP contribution is 2.41. The van der Waals surface area contributed by atoms with E-state index in [9.17, 15) is 23.6 Å². The van der Waals surface area contributed by atoms with Gasteiger partial charge in [-0.05, 0) is 105 Å². The summed E-state index contributed by atoms with van der Waals surface area (Å²) < 4.78 is 35.6. The molecule has 0 spiro atoms. The molecule has 54 heavy (non-hydrogen) atoms. The third kappa shape index (κ3) is 10.9. The summed E-state index contributed by atoms with van der Waals surface area (Å²) in [5.74, 6) is 10.00. The first-order valence-electron chi connectivity index (χ1n) is 16.5. The van der Waals surface area contributed by atoms with Crippen molar-refractivity contribution < 1.29 is 42.5 Å². The minimum atomic E-state index is -0.764. The lowest BCUT2D eigenvalue weighted by Crippen LogP contribution is -2.15. The second-order valence-corrected chi connectivity index (χ2v) is 11.6. The molecule has 0 aliphatic heterocycles. The van der Waals surface area contributed by atoms with Crippen molar-refractivity contribution in [2.75, 3.05) is 6.67 Å². The van der Waals surface area contributed by atoms with Gasteiger partial charge >= 0.3 is 23.9 Å². The molecular weight excluding hydrogens is 687 g/mol. The van der Waals surface area contributed by atoms with Crippen molar-refractivity contribution in [1.82, 2.24) is 0 Å². The van der Waals surface area contributed by atoms with E-state index < -0.39 is 30.6 Å². The van der Waals surface area contributed by atoms with Crippen LogP contribution in [-0.2, 0) is 25.6 Å². The molecule has 9 heteroatoms. The Morgan fingerprint density at radius 1 is 0.648 bits per heavy atom. The maximum absolute atomic E-state index is 13.7. The third-order valence-corrected chi connectivity index (χ3v) is 7.36. The van der Waals surface area contributed by atoms with Crippen LogP contribution in [0.15, 0.2) is 128 Å². The number of ether oxygens (including phenoxy) is 4.